The van der Waals surface area contributed by atoms with Crippen LogP contribution in [0.3, 0.4) is 0 Å². The number of pyridine rings is 4. The number of amides is 4. The van der Waals surface area contributed by atoms with E-state index in [1.165, 1.54) is 134 Å². The van der Waals surface area contributed by atoms with Gasteiger partial charge in [0.05, 0.1) is 80.5 Å². The number of rotatable bonds is 12. The molecule has 5 aliphatic heterocycles. The van der Waals surface area contributed by atoms with Gasteiger partial charge in [0.15, 0.2) is 17.5 Å². The fourth-order valence-electron chi connectivity index (χ4n) is 15.3. The fraction of sp³-hybridized carbons (Fsp3) is 0.310. The molecule has 12 aromatic rings. The molecule has 40 heteroatoms. The number of aliphatic hydroxyl groups is 2. The molecular weight excluding hydrogens is 1730 g/mol. The highest BCUT2D eigenvalue weighted by atomic mass is 32.2. The standard InChI is InChI=1S/2C21H22FN3O5S.C21H20FN3O4S.C20H18FN3O4S.C4H7BO/c1-21(27)9-4-10-25(31(3,28)29)18-15(21)11-14-16(19(26)23-2)17(30-20(14)24-18)12-5-7-13(22)8-6-12;1-11-14-10-15-17(20(27)23-2)18(12-4-6-13(22)7-5-12)30-21(15)24-19(14)25(31(3,28)29)9-8-16(11)26;1-12-5-4-10-25(30(3,27)28)19-15(12)11-16-17(20(26)23-2)18(29-21(16)24-19)13-6-8-14(22)9-7-13;1-22-19(25)16-15-11-13-5-3-4-10-24(29(2,26)27)18(13)23-20(15)28-17(16)12-6-8-14(21)9-7-12;5-4-2-1-3-6-4/h5-8,11,27H,4,9-10H2,1-3H3,(H,23,26);4-7,10-11,16,26H,8-9H2,1-3H3,(H,23,27);6-9,11H,1,4-5,10H2,2-3H3,(H,23,26);3,5-9,11H,4,10H2,1-2H3,(H,22,25);4H,1-3H2. The molecule has 5 aliphatic rings. The number of nitrogens with one attached hydrogen (secondary N) is 4. The van der Waals surface area contributed by atoms with Crippen molar-refractivity contribution in [3.63, 3.8) is 0 Å². The molecule has 1 fully saturated rings. The Bertz CT molecular complexity index is 6830. The van der Waals surface area contributed by atoms with Gasteiger partial charge in [-0.05, 0) is 185 Å². The van der Waals surface area contributed by atoms with Gasteiger partial charge in [0, 0.05) is 117 Å². The van der Waals surface area contributed by atoms with Gasteiger partial charge in [-0.1, -0.05) is 25.7 Å². The molecule has 1 saturated heterocycles. The molecule has 127 heavy (non-hydrogen) atoms. The minimum atomic E-state index is -3.67. The fourth-order valence-corrected chi connectivity index (χ4v) is 18.9. The molecule has 0 aliphatic carbocycles. The van der Waals surface area contributed by atoms with Gasteiger partial charge < -0.3 is 53.9 Å². The monoisotopic (exact) mass is 1820 g/mol. The van der Waals surface area contributed by atoms with Crippen molar-refractivity contribution in [3.05, 3.63) is 202 Å². The first-order valence-electron chi connectivity index (χ1n) is 39.9. The average molecular weight is 1820 g/mol. The second-order valence-electron chi connectivity index (χ2n) is 30.8. The summed E-state index contributed by atoms with van der Waals surface area (Å²) in [5.41, 5.74) is 4.49. The SMILES string of the molecule is C=C1CCCN(S(C)(=O)=O)c2nc3oc(-c4ccc(F)cc4)c(C(=O)NC)c3cc21.CNC(=O)c1c(-c2ccc(F)cc2)oc2nc3c(cc12)C(C)(O)CCCN3S(C)(=O)=O.CNC(=O)c1c(-c2ccc(F)cc2)oc2nc3c(cc12)C(C)C(O)CCN3S(C)(=O)=O.CNC(=O)c1c(-c2ccc(F)cc2)oc2nc3c(cc12)C=CCCN3S(C)(=O)=O.[B]C1CCCO1. The zero-order valence-corrected chi connectivity index (χ0v) is 73.7. The Morgan fingerprint density at radius 3 is 1.24 bits per heavy atom. The lowest BCUT2D eigenvalue weighted by atomic mass is 9.91. The predicted molar refractivity (Wildman–Crippen MR) is 474 cm³/mol. The maximum atomic E-state index is 13.4. The molecule has 666 valence electrons. The number of furan rings is 4. The highest BCUT2D eigenvalue weighted by molar-refractivity contribution is 7.93. The Morgan fingerprint density at radius 2 is 0.850 bits per heavy atom. The van der Waals surface area contributed by atoms with Crippen LogP contribution in [0.2, 0.25) is 0 Å². The smallest absolute Gasteiger partial charge is 0.255 e. The molecule has 4 atom stereocenters. The van der Waals surface area contributed by atoms with E-state index >= 15 is 0 Å². The number of hydrogen-bond acceptors (Lipinski definition) is 23. The van der Waals surface area contributed by atoms with Gasteiger partial charge in [0.1, 0.15) is 60.0 Å². The normalized spacial score (nSPS) is 17.6. The van der Waals surface area contributed by atoms with E-state index < -0.39 is 98.7 Å². The number of allylic oxidation sites excluding steroid dienone is 1. The van der Waals surface area contributed by atoms with E-state index in [9.17, 15) is 80.6 Å². The van der Waals surface area contributed by atoms with E-state index in [-0.39, 0.29) is 136 Å². The number of anilines is 4. The van der Waals surface area contributed by atoms with Crippen molar-refractivity contribution in [2.75, 3.05) is 103 Å². The first-order valence-corrected chi connectivity index (χ1v) is 47.3. The van der Waals surface area contributed by atoms with Crippen LogP contribution in [-0.2, 0) is 50.4 Å². The van der Waals surface area contributed by atoms with Gasteiger partial charge in [-0.15, -0.1) is 0 Å². The molecule has 0 bridgehead atoms. The van der Waals surface area contributed by atoms with E-state index in [1.54, 1.807) is 44.2 Å². The third kappa shape index (κ3) is 19.5. The maximum absolute atomic E-state index is 13.4. The Balaban J connectivity index is 0.000000141. The van der Waals surface area contributed by atoms with Crippen molar-refractivity contribution < 1.29 is 103 Å². The lowest BCUT2D eigenvalue weighted by Gasteiger charge is -2.25. The van der Waals surface area contributed by atoms with Crippen LogP contribution in [0, 0.1) is 23.3 Å². The highest BCUT2D eigenvalue weighted by Gasteiger charge is 2.40. The van der Waals surface area contributed by atoms with Gasteiger partial charge in [0.25, 0.3) is 23.6 Å². The molecule has 17 rings (SSSR count). The summed E-state index contributed by atoms with van der Waals surface area (Å²) in [6.07, 6.45) is 12.2. The Kier molecular flexibility index (Phi) is 26.8. The summed E-state index contributed by atoms with van der Waals surface area (Å²) in [4.78, 5) is 68.6. The minimum absolute atomic E-state index is 0.0445. The molecule has 4 amide bonds. The zero-order valence-electron chi connectivity index (χ0n) is 70.5. The number of halogens is 4. The minimum Gasteiger partial charge on any atom is -0.437 e. The summed E-state index contributed by atoms with van der Waals surface area (Å²) in [6, 6.07) is 28.7. The molecule has 2 radical (unpaired) electrons. The molecule has 0 spiro atoms. The molecule has 31 nitrogen and oxygen atoms in total. The highest BCUT2D eigenvalue weighted by Crippen LogP contribution is 2.46. The topological polar surface area (TPSA) is 420 Å². The van der Waals surface area contributed by atoms with Crippen molar-refractivity contribution in [1.82, 2.24) is 41.2 Å². The number of ether oxygens (including phenoxy) is 1. The van der Waals surface area contributed by atoms with Crippen LogP contribution in [0.5, 0.6) is 0 Å². The van der Waals surface area contributed by atoms with Gasteiger partial charge >= 0.3 is 0 Å². The summed E-state index contributed by atoms with van der Waals surface area (Å²) < 4.78 is 186. The van der Waals surface area contributed by atoms with E-state index in [2.05, 4.69) is 47.8 Å². The molecule has 4 unspecified atom stereocenters. The number of carbonyl (C=O) groups is 4. The molecule has 6 N–H and O–H groups in total. The number of aromatic nitrogens is 4. The largest absolute Gasteiger partial charge is 0.437 e. The van der Waals surface area contributed by atoms with Crippen molar-refractivity contribution >= 4 is 151 Å². The number of carbonyl (C=O) groups excluding carboxylic acids is 4. The third-order valence-electron chi connectivity index (χ3n) is 21.8. The third-order valence-corrected chi connectivity index (χ3v) is 26.4. The van der Waals surface area contributed by atoms with Crippen LogP contribution in [0.4, 0.5) is 40.8 Å². The Hall–Kier alpha value is -12.3. The predicted octanol–water partition coefficient (Wildman–Crippen LogP) is 12.4. The van der Waals surface area contributed by atoms with Crippen molar-refractivity contribution in [1.29, 1.82) is 0 Å². The van der Waals surface area contributed by atoms with Crippen LogP contribution in [-0.4, -0.2) is 193 Å². The first kappa shape index (κ1) is 92.3. The quantitative estimate of drug-likeness (QED) is 0.0489. The molecular formula is C87H89BF4N12O19S4. The number of sulfonamides is 4. The lowest BCUT2D eigenvalue weighted by Crippen LogP contribution is -2.32. The average Bonchev–Trinajstić information content (AvgIpc) is 1.61. The van der Waals surface area contributed by atoms with E-state index in [0.717, 1.165) is 58.7 Å². The van der Waals surface area contributed by atoms with Gasteiger partial charge in [-0.25, -0.2) is 51.2 Å². The molecule has 0 saturated carbocycles. The molecule has 8 aromatic heterocycles. The van der Waals surface area contributed by atoms with Crippen LogP contribution in [0.15, 0.2) is 152 Å². The molecule has 4 aromatic carbocycles. The Labute approximate surface area is 729 Å². The van der Waals surface area contributed by atoms with E-state index in [4.69, 9.17) is 30.3 Å². The van der Waals surface area contributed by atoms with Crippen LogP contribution in [0.25, 0.3) is 101 Å². The van der Waals surface area contributed by atoms with Crippen molar-refractivity contribution in [2.24, 2.45) is 0 Å². The van der Waals surface area contributed by atoms with Gasteiger partial charge in [-0.3, -0.25) is 36.4 Å². The number of benzene rings is 4. The van der Waals surface area contributed by atoms with Gasteiger partial charge in [-0.2, -0.15) is 19.9 Å². The number of nitrogens with zero attached hydrogens (tertiary/aromatic N) is 8. The second-order valence-corrected chi connectivity index (χ2v) is 38.4. The number of fused-ring (bicyclic) bond motifs is 8. The zero-order chi connectivity index (χ0) is 91.8. The summed E-state index contributed by atoms with van der Waals surface area (Å²) in [5, 5.41) is 33.4. The van der Waals surface area contributed by atoms with Crippen LogP contribution in [0.1, 0.15) is 135 Å². The summed E-state index contributed by atoms with van der Waals surface area (Å²) in [7, 11) is -3.19. The van der Waals surface area contributed by atoms with E-state index in [0.29, 0.717) is 98.2 Å². The number of hydrogen-bond donors (Lipinski definition) is 6. The summed E-state index contributed by atoms with van der Waals surface area (Å²) >= 11 is 0. The number of aliphatic hydroxyl groups excluding tert-OH is 1. The van der Waals surface area contributed by atoms with Crippen LogP contribution >= 0.6 is 0 Å². The van der Waals surface area contributed by atoms with Crippen LogP contribution < -0.4 is 38.5 Å². The van der Waals surface area contributed by atoms with Crippen molar-refractivity contribution in [2.45, 2.75) is 88.8 Å². The lowest BCUT2D eigenvalue weighted by molar-refractivity contribution is 0.0488. The maximum Gasteiger partial charge on any atom is 0.255 e. The van der Waals surface area contributed by atoms with Gasteiger partial charge in [0.2, 0.25) is 62.9 Å². The van der Waals surface area contributed by atoms with Crippen molar-refractivity contribution in [3.8, 4) is 45.3 Å². The first-order chi connectivity index (χ1) is 60.0. The summed E-state index contributed by atoms with van der Waals surface area (Å²) in [6.45, 7) is 9.07. The second kappa shape index (κ2) is 36.9. The van der Waals surface area contributed by atoms with E-state index in [1.807, 2.05) is 6.08 Å². The summed E-state index contributed by atoms with van der Waals surface area (Å²) in [5.74, 6) is -2.22. The Morgan fingerprint density at radius 1 is 0.488 bits per heavy atom. The molecule has 13 heterocycles.